The van der Waals surface area contributed by atoms with Crippen molar-refractivity contribution in [2.75, 3.05) is 26.2 Å². The summed E-state index contributed by atoms with van der Waals surface area (Å²) in [5, 5.41) is 3.02. The molecule has 1 saturated heterocycles. The molecule has 0 saturated carbocycles. The number of carbonyl (C=O) groups is 1. The number of morpholine rings is 1. The van der Waals surface area contributed by atoms with E-state index in [1.165, 1.54) is 0 Å². The third-order valence-electron chi connectivity index (χ3n) is 5.07. The summed E-state index contributed by atoms with van der Waals surface area (Å²) in [7, 11) is 0. The molecule has 0 spiro atoms. The number of benzene rings is 2. The van der Waals surface area contributed by atoms with Gasteiger partial charge < -0.3 is 10.1 Å². The Hall–Kier alpha value is -2.70. The molecule has 1 aliphatic heterocycles. The first kappa shape index (κ1) is 18.7. The molecule has 3 aromatic rings. The Kier molecular flexibility index (Phi) is 5.41. The van der Waals surface area contributed by atoms with Crippen LogP contribution in [0.15, 0.2) is 54.9 Å². The van der Waals surface area contributed by atoms with Crippen LogP contribution >= 0.6 is 0 Å². The Morgan fingerprint density at radius 1 is 1.11 bits per heavy atom. The van der Waals surface area contributed by atoms with Crippen molar-refractivity contribution in [1.82, 2.24) is 19.8 Å². The number of para-hydroxylation sites is 2. The van der Waals surface area contributed by atoms with Crippen molar-refractivity contribution < 1.29 is 9.53 Å². The summed E-state index contributed by atoms with van der Waals surface area (Å²) in [6.45, 7) is 7.47. The van der Waals surface area contributed by atoms with E-state index in [0.29, 0.717) is 12.1 Å². The van der Waals surface area contributed by atoms with E-state index in [2.05, 4.69) is 29.0 Å². The number of rotatable bonds is 5. The van der Waals surface area contributed by atoms with E-state index in [9.17, 15) is 4.79 Å². The lowest BCUT2D eigenvalue weighted by atomic mass is 10.2. The van der Waals surface area contributed by atoms with Crippen molar-refractivity contribution in [3.63, 3.8) is 0 Å². The molecule has 6 heteroatoms. The molecule has 0 radical (unpaired) electrons. The first-order valence-corrected chi connectivity index (χ1v) is 9.78. The molecule has 1 N–H and O–H groups in total. The van der Waals surface area contributed by atoms with Gasteiger partial charge in [0.1, 0.15) is 6.33 Å². The maximum atomic E-state index is 12.5. The fourth-order valence-corrected chi connectivity index (χ4v) is 3.83. The van der Waals surface area contributed by atoms with Crippen molar-refractivity contribution in [2.45, 2.75) is 26.1 Å². The van der Waals surface area contributed by atoms with Gasteiger partial charge in [-0.3, -0.25) is 14.3 Å². The summed E-state index contributed by atoms with van der Waals surface area (Å²) in [6, 6.07) is 15.6. The third-order valence-corrected chi connectivity index (χ3v) is 5.07. The minimum Gasteiger partial charge on any atom is -0.373 e. The van der Waals surface area contributed by atoms with Crippen molar-refractivity contribution >= 4 is 16.9 Å². The molecule has 2 unspecified atom stereocenters. The van der Waals surface area contributed by atoms with E-state index in [0.717, 1.165) is 36.4 Å². The van der Waals surface area contributed by atoms with Gasteiger partial charge in [-0.25, -0.2) is 4.98 Å². The van der Waals surface area contributed by atoms with Crippen LogP contribution in [0.2, 0.25) is 0 Å². The van der Waals surface area contributed by atoms with E-state index in [1.54, 1.807) is 0 Å². The number of hydrogen-bond acceptors (Lipinski definition) is 4. The van der Waals surface area contributed by atoms with Gasteiger partial charge in [0.05, 0.1) is 23.2 Å². The standard InChI is InChI=1S/C22H26N4O2/c1-16-13-25(14-17(2)28-16)12-11-23-22(27)18-7-9-19(10-8-18)26-15-24-20-5-3-4-6-21(20)26/h3-10,15-17H,11-14H2,1-2H3,(H,23,27). The van der Waals surface area contributed by atoms with Crippen molar-refractivity contribution in [1.29, 1.82) is 0 Å². The van der Waals surface area contributed by atoms with Crippen LogP contribution in [0, 0.1) is 0 Å². The molecule has 1 fully saturated rings. The monoisotopic (exact) mass is 378 g/mol. The predicted molar refractivity (Wildman–Crippen MR) is 110 cm³/mol. The van der Waals surface area contributed by atoms with Crippen LogP contribution in [0.25, 0.3) is 16.7 Å². The number of nitrogens with zero attached hydrogens (tertiary/aromatic N) is 3. The number of imidazole rings is 1. The molecule has 6 nitrogen and oxygen atoms in total. The van der Waals surface area contributed by atoms with Crippen LogP contribution in [-0.2, 0) is 4.74 Å². The van der Waals surface area contributed by atoms with E-state index >= 15 is 0 Å². The van der Waals surface area contributed by atoms with Crippen molar-refractivity contribution in [3.8, 4) is 5.69 Å². The van der Waals surface area contributed by atoms with Gasteiger partial charge in [-0.1, -0.05) is 12.1 Å². The number of fused-ring (bicyclic) bond motifs is 1. The van der Waals surface area contributed by atoms with Gasteiger partial charge in [0.2, 0.25) is 0 Å². The zero-order chi connectivity index (χ0) is 19.5. The van der Waals surface area contributed by atoms with E-state index in [1.807, 2.05) is 59.4 Å². The molecular weight excluding hydrogens is 352 g/mol. The molecule has 146 valence electrons. The Morgan fingerprint density at radius 3 is 2.57 bits per heavy atom. The Bertz CT molecular complexity index is 941. The number of carbonyl (C=O) groups excluding carboxylic acids is 1. The highest BCUT2D eigenvalue weighted by Gasteiger charge is 2.21. The lowest BCUT2D eigenvalue weighted by molar-refractivity contribution is -0.0672. The van der Waals surface area contributed by atoms with Gasteiger partial charge in [0.25, 0.3) is 5.91 Å². The highest BCUT2D eigenvalue weighted by molar-refractivity contribution is 5.94. The van der Waals surface area contributed by atoms with Gasteiger partial charge in [-0.2, -0.15) is 0 Å². The van der Waals surface area contributed by atoms with E-state index in [4.69, 9.17) is 4.74 Å². The first-order valence-electron chi connectivity index (χ1n) is 9.78. The summed E-state index contributed by atoms with van der Waals surface area (Å²) in [4.78, 5) is 19.2. The van der Waals surface area contributed by atoms with Crippen LogP contribution in [0.5, 0.6) is 0 Å². The molecule has 0 aliphatic carbocycles. The molecule has 0 bridgehead atoms. The first-order chi connectivity index (χ1) is 13.6. The second kappa shape index (κ2) is 8.12. The van der Waals surface area contributed by atoms with Crippen molar-refractivity contribution in [3.05, 3.63) is 60.4 Å². The largest absolute Gasteiger partial charge is 0.373 e. The van der Waals surface area contributed by atoms with E-state index < -0.39 is 0 Å². The molecule has 1 aromatic heterocycles. The average molecular weight is 378 g/mol. The Labute approximate surface area is 165 Å². The molecule has 4 rings (SSSR count). The third kappa shape index (κ3) is 4.08. The van der Waals surface area contributed by atoms with Crippen LogP contribution in [0.4, 0.5) is 0 Å². The molecule has 28 heavy (non-hydrogen) atoms. The Morgan fingerprint density at radius 2 is 1.82 bits per heavy atom. The second-order valence-corrected chi connectivity index (χ2v) is 7.42. The maximum absolute atomic E-state index is 12.5. The van der Waals surface area contributed by atoms with Crippen LogP contribution in [-0.4, -0.2) is 58.7 Å². The lowest BCUT2D eigenvalue weighted by Crippen LogP contribution is -2.47. The number of nitrogens with one attached hydrogen (secondary N) is 1. The summed E-state index contributed by atoms with van der Waals surface area (Å²) >= 11 is 0. The summed E-state index contributed by atoms with van der Waals surface area (Å²) in [6.07, 6.45) is 2.29. The summed E-state index contributed by atoms with van der Waals surface area (Å²) in [5.41, 5.74) is 3.66. The van der Waals surface area contributed by atoms with E-state index in [-0.39, 0.29) is 18.1 Å². The van der Waals surface area contributed by atoms with Gasteiger partial charge in [-0.15, -0.1) is 0 Å². The Balaban J connectivity index is 1.35. The van der Waals surface area contributed by atoms with Gasteiger partial charge >= 0.3 is 0 Å². The molecule has 1 amide bonds. The lowest BCUT2D eigenvalue weighted by Gasteiger charge is -2.35. The predicted octanol–water partition coefficient (Wildman–Crippen LogP) is 2.86. The quantitative estimate of drug-likeness (QED) is 0.742. The summed E-state index contributed by atoms with van der Waals surface area (Å²) in [5.74, 6) is -0.0450. The smallest absolute Gasteiger partial charge is 0.251 e. The minimum atomic E-state index is -0.0450. The number of aromatic nitrogens is 2. The second-order valence-electron chi connectivity index (χ2n) is 7.42. The number of amides is 1. The number of ether oxygens (including phenoxy) is 1. The zero-order valence-corrected chi connectivity index (χ0v) is 16.3. The zero-order valence-electron chi connectivity index (χ0n) is 16.3. The number of hydrogen-bond donors (Lipinski definition) is 1. The molecule has 2 atom stereocenters. The minimum absolute atomic E-state index is 0.0450. The average Bonchev–Trinajstić information content (AvgIpc) is 3.11. The maximum Gasteiger partial charge on any atom is 0.251 e. The fourth-order valence-electron chi connectivity index (χ4n) is 3.83. The van der Waals surface area contributed by atoms with Crippen molar-refractivity contribution in [2.24, 2.45) is 0 Å². The van der Waals surface area contributed by atoms with Crippen LogP contribution < -0.4 is 5.32 Å². The normalized spacial score (nSPS) is 20.4. The SMILES string of the molecule is CC1CN(CCNC(=O)c2ccc(-n3cnc4ccccc43)cc2)CC(C)O1. The molecule has 1 aliphatic rings. The molecule has 2 heterocycles. The van der Waals surface area contributed by atoms with Gasteiger partial charge in [-0.05, 0) is 50.2 Å². The summed E-state index contributed by atoms with van der Waals surface area (Å²) < 4.78 is 7.77. The highest BCUT2D eigenvalue weighted by atomic mass is 16.5. The van der Waals surface area contributed by atoms with Crippen LogP contribution in [0.1, 0.15) is 24.2 Å². The van der Waals surface area contributed by atoms with Crippen LogP contribution in [0.3, 0.4) is 0 Å². The van der Waals surface area contributed by atoms with Gasteiger partial charge in [0, 0.05) is 37.4 Å². The molecule has 2 aromatic carbocycles. The fraction of sp³-hybridized carbons (Fsp3) is 0.364. The topological polar surface area (TPSA) is 59.4 Å². The van der Waals surface area contributed by atoms with Gasteiger partial charge in [0.15, 0.2) is 0 Å². The highest BCUT2D eigenvalue weighted by Crippen LogP contribution is 2.18. The molecular formula is C22H26N4O2.